The minimum absolute atomic E-state index is 0.0132. The number of piperidine rings is 1. The van der Waals surface area contributed by atoms with Crippen LogP contribution in [0.2, 0.25) is 10.0 Å². The molecule has 6 nitrogen and oxygen atoms in total. The molecule has 0 aromatic heterocycles. The second-order valence-corrected chi connectivity index (χ2v) is 11.1. The van der Waals surface area contributed by atoms with E-state index < -0.39 is 16.1 Å². The van der Waals surface area contributed by atoms with Gasteiger partial charge in [0.05, 0.1) is 10.9 Å². The summed E-state index contributed by atoms with van der Waals surface area (Å²) < 4.78 is 28.4. The van der Waals surface area contributed by atoms with Crippen molar-refractivity contribution in [1.29, 1.82) is 0 Å². The lowest BCUT2D eigenvalue weighted by Crippen LogP contribution is -2.52. The number of benzene rings is 3. The fourth-order valence-corrected chi connectivity index (χ4v) is 6.37. The van der Waals surface area contributed by atoms with Gasteiger partial charge in [-0.2, -0.15) is 0 Å². The minimum Gasteiger partial charge on any atom is -0.355 e. The summed E-state index contributed by atoms with van der Waals surface area (Å²) in [5.74, 6) is -0.466. The van der Waals surface area contributed by atoms with Crippen LogP contribution in [0.25, 0.3) is 0 Å². The normalized spacial score (nSPS) is 18.4. The van der Waals surface area contributed by atoms with Gasteiger partial charge in [0.25, 0.3) is 0 Å². The average molecular weight is 532 g/mol. The molecule has 0 unspecified atom stereocenters. The number of carbonyl (C=O) groups excluding carboxylic acids is 1. The van der Waals surface area contributed by atoms with Crippen LogP contribution in [0.15, 0.2) is 83.8 Å². The van der Waals surface area contributed by atoms with Gasteiger partial charge in [-0.25, -0.2) is 13.1 Å². The Balaban J connectivity index is 1.40. The maximum atomic E-state index is 13.1. The summed E-state index contributed by atoms with van der Waals surface area (Å²) in [6, 6.07) is 23.9. The Hall–Kier alpha value is -2.42. The van der Waals surface area contributed by atoms with Crippen molar-refractivity contribution in [2.45, 2.75) is 23.3 Å². The number of sulfonamides is 1. The summed E-state index contributed by atoms with van der Waals surface area (Å²) in [5, 5.41) is 6.67. The predicted octanol–water partition coefficient (Wildman–Crippen LogP) is 4.20. The van der Waals surface area contributed by atoms with Crippen molar-refractivity contribution in [3.63, 3.8) is 0 Å². The number of amides is 1. The van der Waals surface area contributed by atoms with Gasteiger partial charge < -0.3 is 10.6 Å². The van der Waals surface area contributed by atoms with Crippen molar-refractivity contribution in [1.82, 2.24) is 15.4 Å². The van der Waals surface area contributed by atoms with Crippen LogP contribution < -0.4 is 15.4 Å². The molecule has 0 radical (unpaired) electrons. The average Bonchev–Trinajstić information content (AvgIpc) is 2.85. The molecule has 184 valence electrons. The molecule has 3 aromatic carbocycles. The molecule has 1 aliphatic rings. The lowest BCUT2D eigenvalue weighted by Gasteiger charge is -2.30. The smallest absolute Gasteiger partial charge is 0.242 e. The van der Waals surface area contributed by atoms with Crippen LogP contribution in [-0.2, 0) is 14.8 Å². The topological polar surface area (TPSA) is 87.3 Å². The highest BCUT2D eigenvalue weighted by Gasteiger charge is 2.31. The first kappa shape index (κ1) is 25.7. The molecule has 1 fully saturated rings. The molecule has 0 bridgehead atoms. The van der Waals surface area contributed by atoms with Crippen LogP contribution >= 0.6 is 23.2 Å². The Labute approximate surface area is 216 Å². The van der Waals surface area contributed by atoms with Gasteiger partial charge in [-0.1, -0.05) is 83.9 Å². The summed E-state index contributed by atoms with van der Waals surface area (Å²) in [6.45, 7) is 1.35. The van der Waals surface area contributed by atoms with E-state index in [0.717, 1.165) is 11.1 Å². The lowest BCUT2D eigenvalue weighted by atomic mass is 9.90. The van der Waals surface area contributed by atoms with Gasteiger partial charge in [-0.05, 0) is 35.7 Å². The highest BCUT2D eigenvalue weighted by molar-refractivity contribution is 7.89. The van der Waals surface area contributed by atoms with Crippen LogP contribution in [0.3, 0.4) is 0 Å². The third-order valence-electron chi connectivity index (χ3n) is 6.11. The molecule has 1 saturated heterocycles. The molecular weight excluding hydrogens is 505 g/mol. The van der Waals surface area contributed by atoms with E-state index in [2.05, 4.69) is 39.6 Å². The number of nitrogens with one attached hydrogen (secondary N) is 3. The molecular formula is C26H27Cl2N3O3S. The van der Waals surface area contributed by atoms with Crippen LogP contribution in [0, 0.1) is 5.92 Å². The summed E-state index contributed by atoms with van der Waals surface area (Å²) >= 11 is 12.0. The molecule has 0 saturated carbocycles. The van der Waals surface area contributed by atoms with Gasteiger partial charge in [-0.15, -0.1) is 0 Å². The Kier molecular flexibility index (Phi) is 8.46. The zero-order chi connectivity index (χ0) is 24.8. The second kappa shape index (κ2) is 11.5. The summed E-state index contributed by atoms with van der Waals surface area (Å²) in [4.78, 5) is 13.0. The molecule has 4 rings (SSSR count). The monoisotopic (exact) mass is 531 g/mol. The van der Waals surface area contributed by atoms with Crippen molar-refractivity contribution in [2.75, 3.05) is 19.6 Å². The number of halogens is 2. The van der Waals surface area contributed by atoms with Crippen LogP contribution in [0.4, 0.5) is 0 Å². The number of rotatable bonds is 8. The molecule has 2 atom stereocenters. The van der Waals surface area contributed by atoms with Crippen LogP contribution in [0.1, 0.15) is 23.5 Å². The van der Waals surface area contributed by atoms with Gasteiger partial charge in [0.15, 0.2) is 0 Å². The third-order valence-corrected chi connectivity index (χ3v) is 8.35. The SMILES string of the molecule is O=C(NCC(c1ccccc1)c1ccccc1)[C@@H]1CNC[C@H](NS(=O)(=O)c2ccc(Cl)cc2Cl)C1. The summed E-state index contributed by atoms with van der Waals surface area (Å²) in [5.41, 5.74) is 2.23. The molecule has 1 heterocycles. The fraction of sp³-hybridized carbons (Fsp3) is 0.269. The summed E-state index contributed by atoms with van der Waals surface area (Å²) in [6.07, 6.45) is 0.380. The molecule has 1 amide bonds. The first-order valence-corrected chi connectivity index (χ1v) is 13.6. The molecule has 1 aliphatic heterocycles. The third kappa shape index (κ3) is 6.63. The van der Waals surface area contributed by atoms with Crippen molar-refractivity contribution in [3.05, 3.63) is 100 Å². The van der Waals surface area contributed by atoms with Crippen molar-refractivity contribution in [3.8, 4) is 0 Å². The fourth-order valence-electron chi connectivity index (χ4n) is 4.35. The van der Waals surface area contributed by atoms with E-state index in [1.54, 1.807) is 0 Å². The van der Waals surface area contributed by atoms with E-state index in [-0.39, 0.29) is 27.7 Å². The maximum Gasteiger partial charge on any atom is 0.242 e. The lowest BCUT2D eigenvalue weighted by molar-refractivity contribution is -0.125. The van der Waals surface area contributed by atoms with Crippen LogP contribution in [0.5, 0.6) is 0 Å². The summed E-state index contributed by atoms with van der Waals surface area (Å²) in [7, 11) is -3.87. The first-order valence-electron chi connectivity index (χ1n) is 11.4. The maximum absolute atomic E-state index is 13.1. The Morgan fingerprint density at radius 3 is 2.17 bits per heavy atom. The number of hydrogen-bond acceptors (Lipinski definition) is 4. The Bertz CT molecular complexity index is 1220. The standard InChI is InChI=1S/C26H27Cl2N3O3S/c27-21-11-12-25(24(28)14-21)35(33,34)31-22-13-20(15-29-16-22)26(32)30-17-23(18-7-3-1-4-8-18)19-9-5-2-6-10-19/h1-12,14,20,22-23,29,31H,13,15-17H2,(H,30,32)/t20-,22+/m0/s1. The molecule has 9 heteroatoms. The molecule has 3 aromatic rings. The van der Waals surface area contributed by atoms with Crippen LogP contribution in [-0.4, -0.2) is 40.0 Å². The molecule has 0 spiro atoms. The first-order chi connectivity index (χ1) is 16.8. The van der Waals surface area contributed by atoms with Gasteiger partial charge >= 0.3 is 0 Å². The highest BCUT2D eigenvalue weighted by atomic mass is 35.5. The van der Waals surface area contributed by atoms with Crippen molar-refractivity contribution >= 4 is 39.1 Å². The Morgan fingerprint density at radius 2 is 1.57 bits per heavy atom. The van der Waals surface area contributed by atoms with E-state index in [1.807, 2.05) is 36.4 Å². The zero-order valence-electron chi connectivity index (χ0n) is 19.0. The predicted molar refractivity (Wildman–Crippen MR) is 139 cm³/mol. The molecule has 0 aliphatic carbocycles. The molecule has 3 N–H and O–H groups in total. The number of hydrogen-bond donors (Lipinski definition) is 3. The van der Waals surface area contributed by atoms with Gasteiger partial charge in [-0.3, -0.25) is 4.79 Å². The van der Waals surface area contributed by atoms with E-state index in [9.17, 15) is 13.2 Å². The van der Waals surface area contributed by atoms with E-state index in [0.29, 0.717) is 31.1 Å². The second-order valence-electron chi connectivity index (χ2n) is 8.60. The van der Waals surface area contributed by atoms with E-state index >= 15 is 0 Å². The zero-order valence-corrected chi connectivity index (χ0v) is 21.3. The Morgan fingerprint density at radius 1 is 0.943 bits per heavy atom. The van der Waals surface area contributed by atoms with Gasteiger partial charge in [0.2, 0.25) is 15.9 Å². The largest absolute Gasteiger partial charge is 0.355 e. The molecule has 35 heavy (non-hydrogen) atoms. The van der Waals surface area contributed by atoms with E-state index in [4.69, 9.17) is 23.2 Å². The van der Waals surface area contributed by atoms with Crippen molar-refractivity contribution < 1.29 is 13.2 Å². The van der Waals surface area contributed by atoms with Gasteiger partial charge in [0, 0.05) is 36.6 Å². The van der Waals surface area contributed by atoms with Gasteiger partial charge in [0.1, 0.15) is 4.90 Å². The highest BCUT2D eigenvalue weighted by Crippen LogP contribution is 2.26. The van der Waals surface area contributed by atoms with E-state index in [1.165, 1.54) is 18.2 Å². The quantitative estimate of drug-likeness (QED) is 0.406. The number of carbonyl (C=O) groups is 1. The van der Waals surface area contributed by atoms with Crippen molar-refractivity contribution in [2.24, 2.45) is 5.92 Å². The minimum atomic E-state index is -3.87.